The summed E-state index contributed by atoms with van der Waals surface area (Å²) < 4.78 is 9.48. The van der Waals surface area contributed by atoms with Crippen LogP contribution in [0.15, 0.2) is 22.0 Å². The first-order valence-corrected chi connectivity index (χ1v) is 8.10. The molecular formula is C15H21N5O5. The highest BCUT2D eigenvalue weighted by atomic mass is 16.5. The van der Waals surface area contributed by atoms with Crippen molar-refractivity contribution in [3.8, 4) is 0 Å². The van der Waals surface area contributed by atoms with Gasteiger partial charge < -0.3 is 14.9 Å². The van der Waals surface area contributed by atoms with E-state index >= 15 is 0 Å². The van der Waals surface area contributed by atoms with Gasteiger partial charge in [0.2, 0.25) is 0 Å². The van der Waals surface area contributed by atoms with Crippen LogP contribution in [0.2, 0.25) is 0 Å². The van der Waals surface area contributed by atoms with Gasteiger partial charge in [-0.2, -0.15) is 0 Å². The molecule has 1 aliphatic rings. The van der Waals surface area contributed by atoms with Crippen LogP contribution in [0.5, 0.6) is 0 Å². The third-order valence-electron chi connectivity index (χ3n) is 4.29. The third kappa shape index (κ3) is 3.28. The van der Waals surface area contributed by atoms with E-state index in [-0.39, 0.29) is 19.6 Å². The van der Waals surface area contributed by atoms with E-state index in [9.17, 15) is 19.8 Å². The number of rotatable bonds is 5. The van der Waals surface area contributed by atoms with Crippen LogP contribution in [-0.2, 0) is 17.8 Å². The number of hydrogen-bond donors (Lipinski definition) is 2. The lowest BCUT2D eigenvalue weighted by atomic mass is 10.2. The van der Waals surface area contributed by atoms with Crippen molar-refractivity contribution < 1.29 is 14.9 Å². The minimum absolute atomic E-state index is 0.00194. The van der Waals surface area contributed by atoms with Gasteiger partial charge in [0, 0.05) is 24.7 Å². The summed E-state index contributed by atoms with van der Waals surface area (Å²) in [6.45, 7) is 3.80. The fourth-order valence-corrected chi connectivity index (χ4v) is 2.88. The predicted octanol–water partition coefficient (Wildman–Crippen LogP) is -1.38. The van der Waals surface area contributed by atoms with Gasteiger partial charge in [-0.15, -0.1) is 5.10 Å². The molecule has 0 unspecified atom stereocenters. The summed E-state index contributed by atoms with van der Waals surface area (Å²) >= 11 is 0. The Kier molecular flexibility index (Phi) is 4.84. The molecule has 0 bridgehead atoms. The Bertz CT molecular complexity index is 870. The van der Waals surface area contributed by atoms with E-state index in [0.29, 0.717) is 17.8 Å². The molecule has 0 spiro atoms. The van der Waals surface area contributed by atoms with E-state index in [2.05, 4.69) is 10.3 Å². The van der Waals surface area contributed by atoms with Gasteiger partial charge in [0.25, 0.3) is 5.56 Å². The highest BCUT2D eigenvalue weighted by Gasteiger charge is 2.35. The van der Waals surface area contributed by atoms with Crippen molar-refractivity contribution in [1.82, 2.24) is 24.1 Å². The maximum atomic E-state index is 12.8. The Hall–Kier alpha value is -2.30. The molecule has 0 aromatic carbocycles. The monoisotopic (exact) mass is 351 g/mol. The first-order valence-electron chi connectivity index (χ1n) is 8.10. The van der Waals surface area contributed by atoms with Crippen LogP contribution in [0, 0.1) is 6.92 Å². The molecule has 1 fully saturated rings. The number of aromatic nitrogens is 5. The quantitative estimate of drug-likeness (QED) is 0.680. The van der Waals surface area contributed by atoms with E-state index in [1.54, 1.807) is 17.8 Å². The lowest BCUT2D eigenvalue weighted by Gasteiger charge is -2.17. The predicted molar refractivity (Wildman–Crippen MR) is 86.1 cm³/mol. The zero-order chi connectivity index (χ0) is 18.1. The van der Waals surface area contributed by atoms with Crippen LogP contribution in [0.4, 0.5) is 0 Å². The summed E-state index contributed by atoms with van der Waals surface area (Å²) in [5.41, 5.74) is -0.103. The standard InChI is InChI=1S/C15H21N5O5/c1-3-18-6-10(16-17-18)7-20-14(23)9(2)5-19(15(20)24)13-4-11(22)12(8-21)25-13/h5-6,11-13,21-22H,3-4,7-8H2,1-2H3/t11-,12+,13+/m0/s1. The van der Waals surface area contributed by atoms with E-state index in [1.165, 1.54) is 10.8 Å². The van der Waals surface area contributed by atoms with Crippen molar-refractivity contribution in [2.24, 2.45) is 0 Å². The van der Waals surface area contributed by atoms with Crippen LogP contribution in [0.1, 0.15) is 30.8 Å². The van der Waals surface area contributed by atoms with Gasteiger partial charge in [-0.3, -0.25) is 18.6 Å². The lowest BCUT2D eigenvalue weighted by Crippen LogP contribution is -2.42. The van der Waals surface area contributed by atoms with Gasteiger partial charge in [-0.05, 0) is 13.8 Å². The smallest absolute Gasteiger partial charge is 0.333 e. The van der Waals surface area contributed by atoms with Crippen molar-refractivity contribution in [1.29, 1.82) is 0 Å². The number of aliphatic hydroxyl groups excluding tert-OH is 2. The topological polar surface area (TPSA) is 124 Å². The lowest BCUT2D eigenvalue weighted by molar-refractivity contribution is -0.0463. The Balaban J connectivity index is 1.98. The molecule has 3 rings (SSSR count). The van der Waals surface area contributed by atoms with Gasteiger partial charge in [0.05, 0.1) is 25.5 Å². The Morgan fingerprint density at radius 1 is 1.36 bits per heavy atom. The SMILES string of the molecule is CCn1cc(Cn2c(=O)c(C)cn([C@H]3C[C@H](O)[C@@H](CO)O3)c2=O)nn1. The first-order chi connectivity index (χ1) is 11.9. The molecule has 25 heavy (non-hydrogen) atoms. The normalized spacial score (nSPS) is 23.3. The summed E-state index contributed by atoms with van der Waals surface area (Å²) in [5, 5.41) is 26.9. The molecule has 0 aliphatic carbocycles. The Morgan fingerprint density at radius 3 is 2.72 bits per heavy atom. The molecule has 136 valence electrons. The zero-order valence-corrected chi connectivity index (χ0v) is 14.1. The highest BCUT2D eigenvalue weighted by molar-refractivity contribution is 5.06. The summed E-state index contributed by atoms with van der Waals surface area (Å²) in [6, 6.07) is 0. The number of aliphatic hydroxyl groups is 2. The number of ether oxygens (including phenoxy) is 1. The second-order valence-corrected chi connectivity index (χ2v) is 6.07. The average Bonchev–Trinajstić information content (AvgIpc) is 3.20. The van der Waals surface area contributed by atoms with Gasteiger partial charge in [-0.25, -0.2) is 4.79 Å². The molecule has 1 saturated heterocycles. The number of hydrogen-bond acceptors (Lipinski definition) is 7. The minimum Gasteiger partial charge on any atom is -0.394 e. The molecule has 3 heterocycles. The van der Waals surface area contributed by atoms with Crippen LogP contribution in [0.3, 0.4) is 0 Å². The Morgan fingerprint density at radius 2 is 2.12 bits per heavy atom. The molecular weight excluding hydrogens is 330 g/mol. The van der Waals surface area contributed by atoms with E-state index in [0.717, 1.165) is 4.57 Å². The maximum Gasteiger partial charge on any atom is 0.333 e. The molecule has 2 aromatic rings. The van der Waals surface area contributed by atoms with Gasteiger partial charge >= 0.3 is 5.69 Å². The largest absolute Gasteiger partial charge is 0.394 e. The summed E-state index contributed by atoms with van der Waals surface area (Å²) in [6.07, 6.45) is 0.900. The van der Waals surface area contributed by atoms with E-state index in [4.69, 9.17) is 4.74 Å². The van der Waals surface area contributed by atoms with Crippen LogP contribution in [-0.4, -0.2) is 53.2 Å². The van der Waals surface area contributed by atoms with Gasteiger partial charge in [0.15, 0.2) is 0 Å². The molecule has 2 N–H and O–H groups in total. The fourth-order valence-electron chi connectivity index (χ4n) is 2.88. The van der Waals surface area contributed by atoms with Crippen molar-refractivity contribution in [3.05, 3.63) is 44.5 Å². The van der Waals surface area contributed by atoms with Crippen molar-refractivity contribution in [3.63, 3.8) is 0 Å². The highest BCUT2D eigenvalue weighted by Crippen LogP contribution is 2.27. The Labute approximate surface area is 142 Å². The van der Waals surface area contributed by atoms with E-state index in [1.807, 2.05) is 6.92 Å². The third-order valence-corrected chi connectivity index (χ3v) is 4.29. The maximum absolute atomic E-state index is 12.8. The van der Waals surface area contributed by atoms with Gasteiger partial charge in [0.1, 0.15) is 18.0 Å². The average molecular weight is 351 g/mol. The van der Waals surface area contributed by atoms with Gasteiger partial charge in [-0.1, -0.05) is 5.21 Å². The summed E-state index contributed by atoms with van der Waals surface area (Å²) in [7, 11) is 0. The van der Waals surface area contributed by atoms with Crippen molar-refractivity contribution in [2.45, 2.75) is 51.8 Å². The fraction of sp³-hybridized carbons (Fsp3) is 0.600. The molecule has 0 amide bonds. The molecule has 10 nitrogen and oxygen atoms in total. The molecule has 2 aromatic heterocycles. The molecule has 1 aliphatic heterocycles. The molecule has 10 heteroatoms. The van der Waals surface area contributed by atoms with Crippen molar-refractivity contribution >= 4 is 0 Å². The second-order valence-electron chi connectivity index (χ2n) is 6.07. The summed E-state index contributed by atoms with van der Waals surface area (Å²) in [4.78, 5) is 25.1. The molecule has 0 saturated carbocycles. The van der Waals surface area contributed by atoms with Crippen molar-refractivity contribution in [2.75, 3.05) is 6.61 Å². The zero-order valence-electron chi connectivity index (χ0n) is 14.1. The minimum atomic E-state index is -0.868. The first kappa shape index (κ1) is 17.5. The summed E-state index contributed by atoms with van der Waals surface area (Å²) in [5.74, 6) is 0. The number of nitrogens with zero attached hydrogens (tertiary/aromatic N) is 5. The second kappa shape index (κ2) is 6.90. The number of aryl methyl sites for hydroxylation is 2. The molecule has 3 atom stereocenters. The molecule has 0 radical (unpaired) electrons. The van der Waals surface area contributed by atoms with E-state index < -0.39 is 29.7 Å². The van der Waals surface area contributed by atoms with Crippen LogP contribution < -0.4 is 11.2 Å². The van der Waals surface area contributed by atoms with Crippen LogP contribution >= 0.6 is 0 Å². The van der Waals surface area contributed by atoms with Crippen LogP contribution in [0.25, 0.3) is 0 Å².